The molecular weight excluding hydrogens is 403 g/mol. The predicted octanol–water partition coefficient (Wildman–Crippen LogP) is 5.15. The smallest absolute Gasteiger partial charge is 0.319 e. The van der Waals surface area contributed by atoms with Crippen molar-refractivity contribution in [2.45, 2.75) is 57.7 Å². The monoisotopic (exact) mass is 424 g/mol. The predicted molar refractivity (Wildman–Crippen MR) is 97.9 cm³/mol. The van der Waals surface area contributed by atoms with E-state index in [2.05, 4.69) is 15.9 Å². The Balaban J connectivity index is 3.97. The van der Waals surface area contributed by atoms with Crippen molar-refractivity contribution in [1.29, 1.82) is 0 Å². The maximum atomic E-state index is 12.2. The Morgan fingerprint density at radius 3 is 1.96 bits per heavy atom. The molecule has 0 amide bonds. The molecule has 1 aromatic rings. The highest BCUT2D eigenvalue weighted by atomic mass is 79.9. The molecule has 23 heavy (non-hydrogen) atoms. The number of carbonyl (C=O) groups is 1. The zero-order chi connectivity index (χ0) is 18.4. The second kappa shape index (κ2) is 6.61. The fourth-order valence-corrected chi connectivity index (χ4v) is 4.28. The van der Waals surface area contributed by atoms with Crippen LogP contribution in [0.15, 0.2) is 6.07 Å². The highest BCUT2D eigenvalue weighted by Gasteiger charge is 2.35. The van der Waals surface area contributed by atoms with Crippen molar-refractivity contribution in [3.8, 4) is 0 Å². The van der Waals surface area contributed by atoms with Crippen LogP contribution in [-0.2, 0) is 20.7 Å². The van der Waals surface area contributed by atoms with E-state index in [-0.39, 0.29) is 21.4 Å². The van der Waals surface area contributed by atoms with Crippen LogP contribution in [0.1, 0.15) is 68.6 Å². The zero-order valence-corrected chi connectivity index (χ0v) is 17.4. The number of alkyl halides is 1. The Labute approximate surface area is 150 Å². The SMILES string of the molecule is CC(C)(C)c1cc(C(=O)P(=O)(O)O)c(Cl)c(C(C)(C)C)c1CBr. The summed E-state index contributed by atoms with van der Waals surface area (Å²) in [6.07, 6.45) is 0. The molecule has 0 aromatic heterocycles. The number of rotatable bonds is 3. The summed E-state index contributed by atoms with van der Waals surface area (Å²) in [4.78, 5) is 30.7. The van der Waals surface area contributed by atoms with Crippen molar-refractivity contribution >= 4 is 40.7 Å². The van der Waals surface area contributed by atoms with E-state index in [1.54, 1.807) is 0 Å². The van der Waals surface area contributed by atoms with E-state index < -0.39 is 13.1 Å². The number of halogens is 2. The molecule has 0 spiro atoms. The van der Waals surface area contributed by atoms with Crippen LogP contribution in [0.3, 0.4) is 0 Å². The molecule has 1 rings (SSSR count). The molecule has 0 aliphatic heterocycles. The van der Waals surface area contributed by atoms with Crippen LogP contribution in [0.2, 0.25) is 5.02 Å². The van der Waals surface area contributed by atoms with Gasteiger partial charge in [-0.05, 0) is 33.6 Å². The first-order chi connectivity index (χ1) is 10.1. The molecule has 2 N–H and O–H groups in total. The third kappa shape index (κ3) is 4.46. The standard InChI is InChI=1S/C16H23BrClO4P/c1-15(2,3)11-7-9(14(19)23(20,21)22)13(18)12(10(11)8-17)16(4,5)6/h7H,8H2,1-6H3,(H2,20,21,22). The second-order valence-electron chi connectivity index (χ2n) is 7.62. The lowest BCUT2D eigenvalue weighted by atomic mass is 9.75. The fraction of sp³-hybridized carbons (Fsp3) is 0.562. The number of hydrogen-bond acceptors (Lipinski definition) is 2. The van der Waals surface area contributed by atoms with Gasteiger partial charge in [-0.3, -0.25) is 9.36 Å². The topological polar surface area (TPSA) is 74.6 Å². The first kappa shape index (κ1) is 20.9. The largest absolute Gasteiger partial charge is 0.396 e. The molecule has 130 valence electrons. The Kier molecular flexibility index (Phi) is 5.99. The van der Waals surface area contributed by atoms with Gasteiger partial charge in [0.15, 0.2) is 0 Å². The summed E-state index contributed by atoms with van der Waals surface area (Å²) < 4.78 is 11.4. The average molecular weight is 426 g/mol. The van der Waals surface area contributed by atoms with Crippen molar-refractivity contribution in [2.75, 3.05) is 0 Å². The van der Waals surface area contributed by atoms with Crippen LogP contribution in [0, 0.1) is 0 Å². The molecule has 0 aliphatic rings. The van der Waals surface area contributed by atoms with Crippen molar-refractivity contribution in [1.82, 2.24) is 0 Å². The first-order valence-electron chi connectivity index (χ1n) is 7.15. The van der Waals surface area contributed by atoms with E-state index in [4.69, 9.17) is 11.6 Å². The van der Waals surface area contributed by atoms with E-state index in [1.165, 1.54) is 6.07 Å². The maximum absolute atomic E-state index is 12.2. The van der Waals surface area contributed by atoms with Gasteiger partial charge in [0.05, 0.1) is 5.02 Å². The summed E-state index contributed by atoms with van der Waals surface area (Å²) in [6, 6.07) is 1.52. The van der Waals surface area contributed by atoms with Gasteiger partial charge < -0.3 is 9.79 Å². The van der Waals surface area contributed by atoms with Crippen molar-refractivity contribution in [3.63, 3.8) is 0 Å². The Morgan fingerprint density at radius 2 is 1.65 bits per heavy atom. The molecule has 0 aliphatic carbocycles. The van der Waals surface area contributed by atoms with E-state index in [1.807, 2.05) is 41.5 Å². The van der Waals surface area contributed by atoms with Gasteiger partial charge in [-0.2, -0.15) is 0 Å². The summed E-state index contributed by atoms with van der Waals surface area (Å²) >= 11 is 9.90. The van der Waals surface area contributed by atoms with Gasteiger partial charge in [0, 0.05) is 10.9 Å². The quantitative estimate of drug-likeness (QED) is 0.519. The van der Waals surface area contributed by atoms with Gasteiger partial charge in [0.2, 0.25) is 0 Å². The molecule has 0 unspecified atom stereocenters. The van der Waals surface area contributed by atoms with E-state index in [0.29, 0.717) is 5.33 Å². The summed E-state index contributed by atoms with van der Waals surface area (Å²) in [5.41, 5.74) is 0.500. The molecule has 7 heteroatoms. The molecule has 0 atom stereocenters. The van der Waals surface area contributed by atoms with E-state index in [0.717, 1.165) is 16.7 Å². The molecule has 4 nitrogen and oxygen atoms in total. The second-order valence-corrected chi connectivity index (χ2v) is 10.1. The van der Waals surface area contributed by atoms with Crippen LogP contribution in [0.4, 0.5) is 0 Å². The van der Waals surface area contributed by atoms with Gasteiger partial charge in [-0.1, -0.05) is 69.1 Å². The Morgan fingerprint density at radius 1 is 1.17 bits per heavy atom. The average Bonchev–Trinajstić information content (AvgIpc) is 2.32. The lowest BCUT2D eigenvalue weighted by Crippen LogP contribution is -2.23. The molecule has 0 saturated carbocycles. The Bertz CT molecular complexity index is 681. The summed E-state index contributed by atoms with van der Waals surface area (Å²) in [7, 11) is -4.91. The summed E-state index contributed by atoms with van der Waals surface area (Å²) in [6.45, 7) is 11.8. The van der Waals surface area contributed by atoms with E-state index >= 15 is 0 Å². The number of carbonyl (C=O) groups excluding carboxylic acids is 1. The summed E-state index contributed by atoms with van der Waals surface area (Å²) in [5, 5.41) is 0.657. The third-order valence-corrected chi connectivity index (χ3v) is 5.28. The van der Waals surface area contributed by atoms with Crippen LogP contribution in [0.25, 0.3) is 0 Å². The normalized spacial score (nSPS) is 13.3. The number of benzene rings is 1. The minimum Gasteiger partial charge on any atom is -0.319 e. The first-order valence-corrected chi connectivity index (χ1v) is 10.3. The molecule has 1 aromatic carbocycles. The molecular formula is C16H23BrClO4P. The maximum Gasteiger partial charge on any atom is 0.396 e. The molecule has 0 bridgehead atoms. The van der Waals surface area contributed by atoms with Crippen LogP contribution >= 0.6 is 35.1 Å². The highest BCUT2D eigenvalue weighted by Crippen LogP contribution is 2.46. The van der Waals surface area contributed by atoms with Gasteiger partial charge in [-0.15, -0.1) is 0 Å². The minimum absolute atomic E-state index is 0.112. The Hall–Kier alpha value is -0.190. The van der Waals surface area contributed by atoms with Gasteiger partial charge in [0.25, 0.3) is 5.52 Å². The van der Waals surface area contributed by atoms with Gasteiger partial charge >= 0.3 is 7.60 Å². The minimum atomic E-state index is -4.91. The van der Waals surface area contributed by atoms with Crippen molar-refractivity contribution < 1.29 is 19.1 Å². The highest BCUT2D eigenvalue weighted by molar-refractivity contribution is 9.08. The molecule has 0 fully saturated rings. The summed E-state index contributed by atoms with van der Waals surface area (Å²) in [5.74, 6) is 0. The zero-order valence-electron chi connectivity index (χ0n) is 14.2. The number of hydrogen-bond donors (Lipinski definition) is 2. The van der Waals surface area contributed by atoms with Crippen molar-refractivity contribution in [2.24, 2.45) is 0 Å². The van der Waals surface area contributed by atoms with Crippen LogP contribution in [0.5, 0.6) is 0 Å². The third-order valence-electron chi connectivity index (χ3n) is 3.56. The van der Waals surface area contributed by atoms with Gasteiger partial charge in [-0.25, -0.2) is 0 Å². The van der Waals surface area contributed by atoms with Crippen molar-refractivity contribution in [3.05, 3.63) is 33.3 Å². The molecule has 0 saturated heterocycles. The molecule has 0 radical (unpaired) electrons. The fourth-order valence-electron chi connectivity index (χ4n) is 2.60. The lowest BCUT2D eigenvalue weighted by Gasteiger charge is -2.31. The molecule has 0 heterocycles. The van der Waals surface area contributed by atoms with Gasteiger partial charge in [0.1, 0.15) is 0 Å². The van der Waals surface area contributed by atoms with E-state index in [9.17, 15) is 19.1 Å². The lowest BCUT2D eigenvalue weighted by molar-refractivity contribution is 0.104. The van der Waals surface area contributed by atoms with Crippen LogP contribution in [-0.4, -0.2) is 15.3 Å². The van der Waals surface area contributed by atoms with Crippen LogP contribution < -0.4 is 0 Å².